The van der Waals surface area contributed by atoms with Crippen molar-refractivity contribution < 1.29 is 14.3 Å². The van der Waals surface area contributed by atoms with E-state index >= 15 is 0 Å². The van der Waals surface area contributed by atoms with Gasteiger partial charge in [0.15, 0.2) is 11.6 Å². The lowest BCUT2D eigenvalue weighted by molar-refractivity contribution is -0.127. The number of rotatable bonds is 3. The van der Waals surface area contributed by atoms with Gasteiger partial charge >= 0.3 is 0 Å². The lowest BCUT2D eigenvalue weighted by atomic mass is 9.73. The molecule has 0 amide bonds. The van der Waals surface area contributed by atoms with E-state index < -0.39 is 0 Å². The smallest absolute Gasteiger partial charge is 0.168 e. The van der Waals surface area contributed by atoms with E-state index in [-0.39, 0.29) is 17.0 Å². The fraction of sp³-hybridized carbons (Fsp3) is 0.750. The highest BCUT2D eigenvalue weighted by Crippen LogP contribution is 2.36. The lowest BCUT2D eigenvalue weighted by Gasteiger charge is -2.35. The van der Waals surface area contributed by atoms with Crippen molar-refractivity contribution >= 4 is 11.6 Å². The van der Waals surface area contributed by atoms with Crippen LogP contribution >= 0.6 is 0 Å². The molecule has 112 valence electrons. The molecule has 0 aromatic carbocycles. The second-order valence-corrected chi connectivity index (χ2v) is 6.54. The molecule has 0 aromatic heterocycles. The number of ether oxygens (including phenoxy) is 1. The summed E-state index contributed by atoms with van der Waals surface area (Å²) >= 11 is 0. The molecule has 0 N–H and O–H groups in total. The Labute approximate surface area is 121 Å². The summed E-state index contributed by atoms with van der Waals surface area (Å²) in [6, 6.07) is 0. The summed E-state index contributed by atoms with van der Waals surface area (Å²) in [6.45, 7) is 8.98. The van der Waals surface area contributed by atoms with E-state index in [0.29, 0.717) is 31.6 Å². The summed E-state index contributed by atoms with van der Waals surface area (Å²) < 4.78 is 5.37. The third-order valence-corrected chi connectivity index (χ3v) is 4.00. The summed E-state index contributed by atoms with van der Waals surface area (Å²) in [5.74, 6) is 0.0578. The van der Waals surface area contributed by atoms with Gasteiger partial charge in [-0.3, -0.25) is 9.59 Å². The average molecular weight is 279 g/mol. The number of carbonyl (C=O) groups excluding carboxylic acids is 2. The molecule has 0 spiro atoms. The zero-order valence-electron chi connectivity index (χ0n) is 12.8. The fourth-order valence-corrected chi connectivity index (χ4v) is 3.10. The molecule has 1 aliphatic carbocycles. The monoisotopic (exact) mass is 279 g/mol. The normalized spacial score (nSPS) is 23.1. The Morgan fingerprint density at radius 3 is 2.20 bits per heavy atom. The molecule has 1 saturated heterocycles. The minimum absolute atomic E-state index is 0.0289. The number of hydrogen-bond donors (Lipinski definition) is 0. The van der Waals surface area contributed by atoms with Gasteiger partial charge in [0.1, 0.15) is 0 Å². The summed E-state index contributed by atoms with van der Waals surface area (Å²) in [5, 5.41) is 0. The largest absolute Gasteiger partial charge is 0.378 e. The molecule has 1 aliphatic heterocycles. The SMILES string of the molecule is CCCC(=C1C(=O)CC(C)(C)CC1=O)N1CCOCC1. The van der Waals surface area contributed by atoms with E-state index in [4.69, 9.17) is 4.74 Å². The molecule has 1 saturated carbocycles. The average Bonchev–Trinajstić information content (AvgIpc) is 2.36. The Balaban J connectivity index is 2.33. The van der Waals surface area contributed by atoms with Gasteiger partial charge in [-0.1, -0.05) is 27.2 Å². The van der Waals surface area contributed by atoms with Crippen molar-refractivity contribution in [3.05, 3.63) is 11.3 Å². The number of carbonyl (C=O) groups is 2. The molecule has 0 unspecified atom stereocenters. The number of hydrogen-bond acceptors (Lipinski definition) is 4. The molecule has 0 radical (unpaired) electrons. The van der Waals surface area contributed by atoms with E-state index in [9.17, 15) is 9.59 Å². The van der Waals surface area contributed by atoms with E-state index in [1.807, 2.05) is 13.8 Å². The predicted octanol–water partition coefficient (Wildman–Crippen LogP) is 2.33. The highest BCUT2D eigenvalue weighted by Gasteiger charge is 2.38. The second kappa shape index (κ2) is 6.08. The van der Waals surface area contributed by atoms with Crippen LogP contribution < -0.4 is 0 Å². The van der Waals surface area contributed by atoms with Gasteiger partial charge in [-0.05, 0) is 11.8 Å². The molecule has 0 aromatic rings. The van der Waals surface area contributed by atoms with E-state index in [1.54, 1.807) is 0 Å². The highest BCUT2D eigenvalue weighted by molar-refractivity contribution is 6.22. The first kappa shape index (κ1) is 15.2. The summed E-state index contributed by atoms with van der Waals surface area (Å²) in [5.41, 5.74) is 1.24. The molecule has 2 rings (SSSR count). The van der Waals surface area contributed by atoms with Crippen LogP contribution in [0.4, 0.5) is 0 Å². The number of Topliss-reactive ketones (excluding diaryl/α,β-unsaturated/α-hetero) is 2. The standard InChI is InChI=1S/C16H25NO3/c1-4-5-12(17-6-8-20-9-7-17)15-13(18)10-16(2,3)11-14(15)19/h4-11H2,1-3H3. The number of nitrogens with zero attached hydrogens (tertiary/aromatic N) is 1. The quantitative estimate of drug-likeness (QED) is 0.587. The van der Waals surface area contributed by atoms with Crippen molar-refractivity contribution in [1.29, 1.82) is 0 Å². The minimum Gasteiger partial charge on any atom is -0.378 e. The Morgan fingerprint density at radius 2 is 1.70 bits per heavy atom. The van der Waals surface area contributed by atoms with Gasteiger partial charge in [0.05, 0.1) is 18.8 Å². The van der Waals surface area contributed by atoms with E-state index in [2.05, 4.69) is 11.8 Å². The minimum atomic E-state index is -0.194. The molecule has 2 aliphatic rings. The van der Waals surface area contributed by atoms with Gasteiger partial charge < -0.3 is 9.64 Å². The maximum atomic E-state index is 12.4. The van der Waals surface area contributed by atoms with Gasteiger partial charge in [0.2, 0.25) is 0 Å². The molecular formula is C16H25NO3. The van der Waals surface area contributed by atoms with Crippen LogP contribution in [0.15, 0.2) is 11.3 Å². The molecular weight excluding hydrogens is 254 g/mol. The van der Waals surface area contributed by atoms with Crippen LogP contribution in [0.2, 0.25) is 0 Å². The Kier molecular flexibility index (Phi) is 4.63. The van der Waals surface area contributed by atoms with Crippen molar-refractivity contribution in [1.82, 2.24) is 4.90 Å². The van der Waals surface area contributed by atoms with Crippen LogP contribution in [-0.2, 0) is 14.3 Å². The molecule has 0 atom stereocenters. The molecule has 4 nitrogen and oxygen atoms in total. The molecule has 2 fully saturated rings. The number of ketones is 2. The fourth-order valence-electron chi connectivity index (χ4n) is 3.10. The number of morpholine rings is 1. The van der Waals surface area contributed by atoms with Gasteiger partial charge in [-0.25, -0.2) is 0 Å². The first-order valence-electron chi connectivity index (χ1n) is 7.57. The van der Waals surface area contributed by atoms with Crippen molar-refractivity contribution in [2.24, 2.45) is 5.41 Å². The Bertz CT molecular complexity index is 409. The Hall–Kier alpha value is -1.16. The van der Waals surface area contributed by atoms with Crippen LogP contribution in [0.25, 0.3) is 0 Å². The van der Waals surface area contributed by atoms with Gasteiger partial charge in [0.25, 0.3) is 0 Å². The maximum Gasteiger partial charge on any atom is 0.168 e. The first-order valence-corrected chi connectivity index (χ1v) is 7.57. The second-order valence-electron chi connectivity index (χ2n) is 6.54. The predicted molar refractivity (Wildman–Crippen MR) is 77.4 cm³/mol. The van der Waals surface area contributed by atoms with Gasteiger partial charge in [-0.2, -0.15) is 0 Å². The van der Waals surface area contributed by atoms with Crippen LogP contribution in [0.3, 0.4) is 0 Å². The molecule has 0 bridgehead atoms. The van der Waals surface area contributed by atoms with Gasteiger partial charge in [-0.15, -0.1) is 0 Å². The first-order chi connectivity index (χ1) is 9.44. The van der Waals surface area contributed by atoms with Crippen LogP contribution in [0.5, 0.6) is 0 Å². The van der Waals surface area contributed by atoms with E-state index in [1.165, 1.54) is 0 Å². The summed E-state index contributed by atoms with van der Waals surface area (Å²) in [7, 11) is 0. The zero-order valence-corrected chi connectivity index (χ0v) is 12.8. The topological polar surface area (TPSA) is 46.6 Å². The van der Waals surface area contributed by atoms with Crippen molar-refractivity contribution in [3.63, 3.8) is 0 Å². The van der Waals surface area contributed by atoms with Crippen molar-refractivity contribution in [3.8, 4) is 0 Å². The highest BCUT2D eigenvalue weighted by atomic mass is 16.5. The zero-order chi connectivity index (χ0) is 14.8. The lowest BCUT2D eigenvalue weighted by Crippen LogP contribution is -2.40. The number of allylic oxidation sites excluding steroid dienone is 2. The molecule has 4 heteroatoms. The van der Waals surface area contributed by atoms with E-state index in [0.717, 1.165) is 31.6 Å². The summed E-state index contributed by atoms with van der Waals surface area (Å²) in [6.07, 6.45) is 2.70. The Morgan fingerprint density at radius 1 is 1.15 bits per heavy atom. The molecule has 1 heterocycles. The van der Waals surface area contributed by atoms with Crippen molar-refractivity contribution in [2.75, 3.05) is 26.3 Å². The summed E-state index contributed by atoms with van der Waals surface area (Å²) in [4.78, 5) is 27.1. The molecule has 20 heavy (non-hydrogen) atoms. The third-order valence-electron chi connectivity index (χ3n) is 4.00. The van der Waals surface area contributed by atoms with Gasteiger partial charge in [0, 0.05) is 31.6 Å². The third kappa shape index (κ3) is 3.29. The van der Waals surface area contributed by atoms with Crippen molar-refractivity contribution in [2.45, 2.75) is 46.5 Å². The maximum absolute atomic E-state index is 12.4. The van der Waals surface area contributed by atoms with Crippen LogP contribution in [0, 0.1) is 5.41 Å². The van der Waals surface area contributed by atoms with Crippen LogP contribution in [0.1, 0.15) is 46.5 Å². The van der Waals surface area contributed by atoms with Crippen LogP contribution in [-0.4, -0.2) is 42.8 Å².